The molecule has 0 saturated carbocycles. The second-order valence-corrected chi connectivity index (χ2v) is 7.71. The SMILES string of the molecule is CCN1C(=O)/C(=C/C=C2/N(CC)c3ccc(Cl)cc3N2CC)SC1=S. The number of nitrogens with zero attached hydrogens (tertiary/aromatic N) is 3. The van der Waals surface area contributed by atoms with Crippen LogP contribution in [-0.2, 0) is 4.79 Å². The molecule has 2 heterocycles. The number of amides is 1. The Balaban J connectivity index is 1.99. The molecule has 1 aromatic carbocycles. The van der Waals surface area contributed by atoms with Gasteiger partial charge in [0.2, 0.25) is 0 Å². The van der Waals surface area contributed by atoms with E-state index in [-0.39, 0.29) is 5.91 Å². The van der Waals surface area contributed by atoms with Crippen LogP contribution in [0.1, 0.15) is 20.8 Å². The number of thiocarbonyl (C=S) groups is 1. The lowest BCUT2D eigenvalue weighted by Crippen LogP contribution is -2.28. The maximum Gasteiger partial charge on any atom is 0.266 e. The van der Waals surface area contributed by atoms with Crippen molar-refractivity contribution in [3.05, 3.63) is 46.1 Å². The minimum absolute atomic E-state index is 0.0148. The topological polar surface area (TPSA) is 26.8 Å². The van der Waals surface area contributed by atoms with Crippen molar-refractivity contribution in [2.24, 2.45) is 0 Å². The van der Waals surface area contributed by atoms with Crippen LogP contribution in [-0.4, -0.2) is 34.8 Å². The van der Waals surface area contributed by atoms with Crippen LogP contribution in [0.3, 0.4) is 0 Å². The molecule has 7 heteroatoms. The normalized spacial score (nSPS) is 20.4. The highest BCUT2D eigenvalue weighted by Crippen LogP contribution is 2.43. The maximum atomic E-state index is 12.4. The zero-order valence-electron chi connectivity index (χ0n) is 14.5. The van der Waals surface area contributed by atoms with Gasteiger partial charge < -0.3 is 9.80 Å². The number of carbonyl (C=O) groups is 1. The van der Waals surface area contributed by atoms with Gasteiger partial charge in [-0.2, -0.15) is 0 Å². The number of benzene rings is 1. The zero-order valence-corrected chi connectivity index (χ0v) is 16.8. The largest absolute Gasteiger partial charge is 0.326 e. The highest BCUT2D eigenvalue weighted by molar-refractivity contribution is 8.26. The molecular weight excluding hydrogens is 374 g/mol. The van der Waals surface area contributed by atoms with E-state index < -0.39 is 0 Å². The monoisotopic (exact) mass is 393 g/mol. The molecule has 1 amide bonds. The third kappa shape index (κ3) is 3.18. The highest BCUT2D eigenvalue weighted by Gasteiger charge is 2.32. The standard InChI is InChI=1S/C18H20ClN3OS2/c1-4-20-13-8-7-12(19)11-14(13)21(5-2)16(20)10-9-15-17(23)22(6-3)18(24)25-15/h7-11H,4-6H2,1-3H3/b15-9-,16-10-. The van der Waals surface area contributed by atoms with Gasteiger partial charge in [0, 0.05) is 24.7 Å². The van der Waals surface area contributed by atoms with E-state index in [0.29, 0.717) is 15.8 Å². The predicted octanol–water partition coefficient (Wildman–Crippen LogP) is 4.61. The van der Waals surface area contributed by atoms with Crippen LogP contribution in [0.4, 0.5) is 11.4 Å². The number of fused-ring (bicyclic) bond motifs is 1. The number of rotatable bonds is 4. The van der Waals surface area contributed by atoms with Crippen molar-refractivity contribution >= 4 is 57.2 Å². The van der Waals surface area contributed by atoms with E-state index in [0.717, 1.165) is 35.3 Å². The first-order chi connectivity index (χ1) is 12.0. The Morgan fingerprint density at radius 3 is 2.28 bits per heavy atom. The zero-order chi connectivity index (χ0) is 18.1. The average Bonchev–Trinajstić information content (AvgIpc) is 3.04. The molecule has 3 rings (SSSR count). The summed E-state index contributed by atoms with van der Waals surface area (Å²) in [5, 5.41) is 0.721. The Bertz CT molecular complexity index is 791. The first-order valence-corrected chi connectivity index (χ1v) is 9.92. The summed E-state index contributed by atoms with van der Waals surface area (Å²) in [6, 6.07) is 5.94. The minimum atomic E-state index is -0.0148. The molecule has 0 bridgehead atoms. The fraction of sp³-hybridized carbons (Fsp3) is 0.333. The van der Waals surface area contributed by atoms with E-state index >= 15 is 0 Å². The Morgan fingerprint density at radius 2 is 1.68 bits per heavy atom. The minimum Gasteiger partial charge on any atom is -0.326 e. The van der Waals surface area contributed by atoms with Crippen LogP contribution in [0.15, 0.2) is 41.1 Å². The number of allylic oxidation sites excluding steroid dienone is 2. The molecule has 1 saturated heterocycles. The summed E-state index contributed by atoms with van der Waals surface area (Å²) in [6.45, 7) is 8.40. The molecule has 0 N–H and O–H groups in total. The summed E-state index contributed by atoms with van der Waals surface area (Å²) in [5.74, 6) is 1.03. The molecule has 1 fully saturated rings. The second kappa shape index (κ2) is 7.40. The molecule has 0 aromatic heterocycles. The van der Waals surface area contributed by atoms with Crippen LogP contribution in [0, 0.1) is 0 Å². The van der Waals surface area contributed by atoms with Gasteiger partial charge in [0.15, 0.2) is 0 Å². The molecule has 4 nitrogen and oxygen atoms in total. The summed E-state index contributed by atoms with van der Waals surface area (Å²) in [7, 11) is 0. The van der Waals surface area contributed by atoms with Gasteiger partial charge in [0.1, 0.15) is 10.1 Å². The van der Waals surface area contributed by atoms with Gasteiger partial charge in [-0.3, -0.25) is 9.69 Å². The van der Waals surface area contributed by atoms with Gasteiger partial charge in [-0.1, -0.05) is 35.6 Å². The van der Waals surface area contributed by atoms with E-state index in [1.54, 1.807) is 4.90 Å². The summed E-state index contributed by atoms with van der Waals surface area (Å²) < 4.78 is 0.623. The van der Waals surface area contributed by atoms with Crippen LogP contribution >= 0.6 is 35.6 Å². The molecule has 2 aliphatic heterocycles. The van der Waals surface area contributed by atoms with Crippen LogP contribution < -0.4 is 9.80 Å². The first kappa shape index (κ1) is 18.3. The smallest absolute Gasteiger partial charge is 0.266 e. The lowest BCUT2D eigenvalue weighted by molar-refractivity contribution is -0.122. The average molecular weight is 394 g/mol. The van der Waals surface area contributed by atoms with E-state index in [9.17, 15) is 4.79 Å². The molecule has 0 aliphatic carbocycles. The van der Waals surface area contributed by atoms with Gasteiger partial charge in [-0.15, -0.1) is 0 Å². The Morgan fingerprint density at radius 1 is 1.04 bits per heavy atom. The lowest BCUT2D eigenvalue weighted by atomic mass is 10.2. The summed E-state index contributed by atoms with van der Waals surface area (Å²) in [6.07, 6.45) is 3.88. The van der Waals surface area contributed by atoms with Crippen molar-refractivity contribution in [2.75, 3.05) is 29.4 Å². The third-order valence-electron chi connectivity index (χ3n) is 4.28. The quantitative estimate of drug-likeness (QED) is 0.549. The van der Waals surface area contributed by atoms with Crippen LogP contribution in [0.5, 0.6) is 0 Å². The summed E-state index contributed by atoms with van der Waals surface area (Å²) in [5.41, 5.74) is 2.23. The van der Waals surface area contributed by atoms with Crippen molar-refractivity contribution < 1.29 is 4.79 Å². The van der Waals surface area contributed by atoms with Gasteiger partial charge in [-0.05, 0) is 51.1 Å². The summed E-state index contributed by atoms with van der Waals surface area (Å²) in [4.78, 5) is 19.1. The third-order valence-corrected chi connectivity index (χ3v) is 5.91. The van der Waals surface area contributed by atoms with Crippen molar-refractivity contribution in [1.29, 1.82) is 0 Å². The lowest BCUT2D eigenvalue weighted by Gasteiger charge is -2.23. The fourth-order valence-corrected chi connectivity index (χ4v) is 4.61. The molecule has 132 valence electrons. The predicted molar refractivity (Wildman–Crippen MR) is 111 cm³/mol. The second-order valence-electron chi connectivity index (χ2n) is 5.59. The molecule has 25 heavy (non-hydrogen) atoms. The number of anilines is 2. The van der Waals surface area contributed by atoms with E-state index in [2.05, 4.69) is 23.6 Å². The Labute approximate surface area is 163 Å². The molecule has 0 atom stereocenters. The number of thioether (sulfide) groups is 1. The van der Waals surface area contributed by atoms with Crippen molar-refractivity contribution in [1.82, 2.24) is 4.90 Å². The number of hydrogen-bond acceptors (Lipinski definition) is 5. The van der Waals surface area contributed by atoms with Gasteiger partial charge >= 0.3 is 0 Å². The van der Waals surface area contributed by atoms with Gasteiger partial charge in [0.25, 0.3) is 5.91 Å². The Hall–Kier alpha value is -1.50. The van der Waals surface area contributed by atoms with Crippen molar-refractivity contribution in [3.8, 4) is 0 Å². The molecule has 0 radical (unpaired) electrons. The van der Waals surface area contributed by atoms with Crippen molar-refractivity contribution in [2.45, 2.75) is 20.8 Å². The number of halogens is 1. The van der Waals surface area contributed by atoms with Crippen LogP contribution in [0.2, 0.25) is 5.02 Å². The van der Waals surface area contributed by atoms with Gasteiger partial charge in [-0.25, -0.2) is 0 Å². The molecule has 2 aliphatic rings. The number of likely N-dealkylation sites (N-methyl/N-ethyl adjacent to an activating group) is 1. The fourth-order valence-electron chi connectivity index (χ4n) is 3.12. The van der Waals surface area contributed by atoms with E-state index in [1.165, 1.54) is 11.8 Å². The number of hydrogen-bond donors (Lipinski definition) is 0. The molecule has 1 aromatic rings. The van der Waals surface area contributed by atoms with E-state index in [4.69, 9.17) is 23.8 Å². The maximum absolute atomic E-state index is 12.4. The number of carbonyl (C=O) groups excluding carboxylic acids is 1. The Kier molecular flexibility index (Phi) is 5.41. The first-order valence-electron chi connectivity index (χ1n) is 8.32. The van der Waals surface area contributed by atoms with E-state index in [1.807, 2.05) is 37.3 Å². The molecular formula is C18H20ClN3OS2. The summed E-state index contributed by atoms with van der Waals surface area (Å²) >= 11 is 12.8. The highest BCUT2D eigenvalue weighted by atomic mass is 35.5. The molecule has 0 unspecified atom stereocenters. The van der Waals surface area contributed by atoms with Gasteiger partial charge in [0.05, 0.1) is 16.3 Å². The molecule has 0 spiro atoms. The van der Waals surface area contributed by atoms with Crippen LogP contribution in [0.25, 0.3) is 0 Å². The van der Waals surface area contributed by atoms with Crippen molar-refractivity contribution in [3.63, 3.8) is 0 Å².